The van der Waals surface area contributed by atoms with Crippen molar-refractivity contribution in [2.45, 2.75) is 19.0 Å². The van der Waals surface area contributed by atoms with Gasteiger partial charge in [0.1, 0.15) is 0 Å². The average molecular weight is 347 g/mol. The zero-order valence-corrected chi connectivity index (χ0v) is 13.4. The summed E-state index contributed by atoms with van der Waals surface area (Å²) in [4.78, 5) is 16.2. The molecule has 0 saturated carbocycles. The Balaban J connectivity index is 1.81. The van der Waals surface area contributed by atoms with E-state index >= 15 is 0 Å². The predicted molar refractivity (Wildman–Crippen MR) is 86.8 cm³/mol. The molecule has 0 saturated heterocycles. The fourth-order valence-corrected chi connectivity index (χ4v) is 2.86. The normalized spacial score (nSPS) is 16.2. The number of likely N-dealkylation sites (N-methyl/N-ethyl adjacent to an activating group) is 1. The van der Waals surface area contributed by atoms with Gasteiger partial charge in [-0.05, 0) is 35.7 Å². The molecule has 1 aliphatic rings. The van der Waals surface area contributed by atoms with Gasteiger partial charge in [0, 0.05) is 25.8 Å². The van der Waals surface area contributed by atoms with Crippen LogP contribution in [-0.4, -0.2) is 17.9 Å². The molecule has 2 aromatic rings. The first-order chi connectivity index (χ1) is 12.0. The van der Waals surface area contributed by atoms with Crippen LogP contribution in [0.25, 0.3) is 5.57 Å². The lowest BCUT2D eigenvalue weighted by molar-refractivity contribution is -0.115. The van der Waals surface area contributed by atoms with Gasteiger partial charge in [-0.3, -0.25) is 9.78 Å². The van der Waals surface area contributed by atoms with Crippen LogP contribution >= 0.6 is 0 Å². The van der Waals surface area contributed by atoms with E-state index in [1.54, 1.807) is 25.4 Å². The molecule has 2 N–H and O–H groups in total. The number of nitrogens with one attached hydrogen (secondary N) is 2. The highest BCUT2D eigenvalue weighted by molar-refractivity contribution is 6.19. The molecule has 1 aliphatic carbocycles. The van der Waals surface area contributed by atoms with Gasteiger partial charge in [0.25, 0.3) is 5.91 Å². The van der Waals surface area contributed by atoms with Gasteiger partial charge < -0.3 is 10.6 Å². The van der Waals surface area contributed by atoms with Crippen molar-refractivity contribution in [3.63, 3.8) is 0 Å². The number of amides is 1. The number of nitrogens with zero attached hydrogens (tertiary/aromatic N) is 1. The third-order valence-corrected chi connectivity index (χ3v) is 4.10. The Morgan fingerprint density at radius 3 is 2.68 bits per heavy atom. The lowest BCUT2D eigenvalue weighted by Crippen LogP contribution is -2.28. The van der Waals surface area contributed by atoms with Gasteiger partial charge >= 0.3 is 0 Å². The van der Waals surface area contributed by atoms with Crippen LogP contribution in [0.4, 0.5) is 13.2 Å². The molecule has 1 aromatic heterocycles. The molecule has 4 nitrogen and oxygen atoms in total. The van der Waals surface area contributed by atoms with Crippen molar-refractivity contribution < 1.29 is 18.0 Å². The Bertz CT molecular complexity index is 828. The molecule has 1 amide bonds. The molecule has 1 unspecified atom stereocenters. The van der Waals surface area contributed by atoms with E-state index in [1.807, 2.05) is 6.07 Å². The van der Waals surface area contributed by atoms with Gasteiger partial charge in [-0.15, -0.1) is 0 Å². The van der Waals surface area contributed by atoms with Gasteiger partial charge in [0.2, 0.25) is 0 Å². The maximum Gasteiger partial charge on any atom is 0.252 e. The third-order valence-electron chi connectivity index (χ3n) is 4.10. The molecule has 7 heteroatoms. The number of fused-ring (bicyclic) bond motifs is 1. The van der Waals surface area contributed by atoms with E-state index in [-0.39, 0.29) is 18.5 Å². The first-order valence-electron chi connectivity index (χ1n) is 7.75. The number of halogens is 3. The van der Waals surface area contributed by atoms with Crippen LogP contribution in [0, 0.1) is 17.5 Å². The summed E-state index contributed by atoms with van der Waals surface area (Å²) in [6.45, 7) is 0.149. The molecule has 3 rings (SSSR count). The molecule has 130 valence electrons. The summed E-state index contributed by atoms with van der Waals surface area (Å²) < 4.78 is 39.7. The van der Waals surface area contributed by atoms with Gasteiger partial charge in [-0.2, -0.15) is 0 Å². The van der Waals surface area contributed by atoms with E-state index < -0.39 is 17.5 Å². The Morgan fingerprint density at radius 2 is 2.00 bits per heavy atom. The summed E-state index contributed by atoms with van der Waals surface area (Å²) in [5, 5.41) is 5.75. The number of carbonyl (C=O) groups is 1. The molecular weight excluding hydrogens is 331 g/mol. The lowest BCUT2D eigenvalue weighted by Gasteiger charge is -2.25. The molecule has 0 aliphatic heterocycles. The van der Waals surface area contributed by atoms with Crippen molar-refractivity contribution in [2.24, 2.45) is 0 Å². The minimum Gasteiger partial charge on any atom is -0.355 e. The summed E-state index contributed by atoms with van der Waals surface area (Å²) in [6.07, 6.45) is 3.90. The number of hydrogen-bond acceptors (Lipinski definition) is 3. The van der Waals surface area contributed by atoms with Crippen LogP contribution < -0.4 is 10.6 Å². The molecule has 0 radical (unpaired) electrons. The Morgan fingerprint density at radius 1 is 1.28 bits per heavy atom. The number of hydrogen-bond donors (Lipinski definition) is 2. The topological polar surface area (TPSA) is 54.0 Å². The van der Waals surface area contributed by atoms with Crippen molar-refractivity contribution in [1.29, 1.82) is 0 Å². The summed E-state index contributed by atoms with van der Waals surface area (Å²) in [6, 6.07) is 5.36. The smallest absolute Gasteiger partial charge is 0.252 e. The third kappa shape index (κ3) is 3.41. The minimum atomic E-state index is -1.48. The quantitative estimate of drug-likeness (QED) is 0.837. The SMILES string of the molecule is CNC(=O)C1=CCC(NCc2cc(F)c(F)c(F)c2)c2cccnc21. The molecule has 1 atom stereocenters. The molecule has 0 spiro atoms. The van der Waals surface area contributed by atoms with Gasteiger partial charge in [-0.1, -0.05) is 12.1 Å². The first kappa shape index (κ1) is 17.2. The zero-order chi connectivity index (χ0) is 18.0. The van der Waals surface area contributed by atoms with E-state index in [0.29, 0.717) is 23.3 Å². The van der Waals surface area contributed by atoms with E-state index in [4.69, 9.17) is 0 Å². The second-order valence-electron chi connectivity index (χ2n) is 5.68. The van der Waals surface area contributed by atoms with Crippen LogP contribution in [-0.2, 0) is 11.3 Å². The standard InChI is InChI=1S/C18H16F3N3O/c1-22-18(25)12-4-5-15(11-3-2-6-23-17(11)12)24-9-10-7-13(19)16(21)14(20)8-10/h2-4,6-8,15,24H,5,9H2,1H3,(H,22,25). The van der Waals surface area contributed by atoms with Crippen molar-refractivity contribution in [1.82, 2.24) is 15.6 Å². The van der Waals surface area contributed by atoms with Gasteiger partial charge in [0.05, 0.1) is 11.3 Å². The molecule has 1 aromatic carbocycles. The summed E-state index contributed by atoms with van der Waals surface area (Å²) in [7, 11) is 1.55. The Hall–Kier alpha value is -2.67. The van der Waals surface area contributed by atoms with Crippen LogP contribution in [0.2, 0.25) is 0 Å². The van der Waals surface area contributed by atoms with Crippen molar-refractivity contribution in [2.75, 3.05) is 7.05 Å². The second-order valence-corrected chi connectivity index (χ2v) is 5.68. The van der Waals surface area contributed by atoms with Crippen molar-refractivity contribution in [3.05, 3.63) is 70.8 Å². The van der Waals surface area contributed by atoms with E-state index in [9.17, 15) is 18.0 Å². The Labute approximate surface area is 142 Å². The highest BCUT2D eigenvalue weighted by Gasteiger charge is 2.25. The molecule has 0 fully saturated rings. The Kier molecular flexibility index (Phi) is 4.85. The van der Waals surface area contributed by atoms with E-state index in [2.05, 4.69) is 15.6 Å². The van der Waals surface area contributed by atoms with Gasteiger partial charge in [0.15, 0.2) is 17.5 Å². The number of benzene rings is 1. The summed E-state index contributed by atoms with van der Waals surface area (Å²) >= 11 is 0. The zero-order valence-electron chi connectivity index (χ0n) is 13.4. The van der Waals surface area contributed by atoms with Gasteiger partial charge in [-0.25, -0.2) is 13.2 Å². The molecular formula is C18H16F3N3O. The van der Waals surface area contributed by atoms with Crippen LogP contribution in [0.1, 0.15) is 29.3 Å². The number of rotatable bonds is 4. The van der Waals surface area contributed by atoms with Crippen LogP contribution in [0.3, 0.4) is 0 Å². The molecule has 1 heterocycles. The lowest BCUT2D eigenvalue weighted by atomic mass is 9.90. The highest BCUT2D eigenvalue weighted by atomic mass is 19.2. The predicted octanol–water partition coefficient (Wildman–Crippen LogP) is 2.86. The summed E-state index contributed by atoms with van der Waals surface area (Å²) in [5.41, 5.74) is 2.19. The maximum absolute atomic E-state index is 13.3. The maximum atomic E-state index is 13.3. The average Bonchev–Trinajstić information content (AvgIpc) is 2.63. The minimum absolute atomic E-state index is 0.149. The van der Waals surface area contributed by atoms with E-state index in [0.717, 1.165) is 17.7 Å². The number of pyridine rings is 1. The molecule has 25 heavy (non-hydrogen) atoms. The van der Waals surface area contributed by atoms with Crippen molar-refractivity contribution >= 4 is 11.5 Å². The molecule has 0 bridgehead atoms. The fraction of sp³-hybridized carbons (Fsp3) is 0.222. The fourth-order valence-electron chi connectivity index (χ4n) is 2.86. The largest absolute Gasteiger partial charge is 0.355 e. The van der Waals surface area contributed by atoms with E-state index in [1.165, 1.54) is 0 Å². The van der Waals surface area contributed by atoms with Crippen LogP contribution in [0.5, 0.6) is 0 Å². The second kappa shape index (κ2) is 7.06. The van der Waals surface area contributed by atoms with Crippen LogP contribution in [0.15, 0.2) is 36.5 Å². The number of carbonyl (C=O) groups excluding carboxylic acids is 1. The van der Waals surface area contributed by atoms with Crippen molar-refractivity contribution in [3.8, 4) is 0 Å². The highest BCUT2D eigenvalue weighted by Crippen LogP contribution is 2.31. The number of aromatic nitrogens is 1. The first-order valence-corrected chi connectivity index (χ1v) is 7.75. The summed E-state index contributed by atoms with van der Waals surface area (Å²) in [5.74, 6) is -4.14. The monoisotopic (exact) mass is 347 g/mol.